The SMILES string of the molecule is Nc1c([N+](=O)[O-])c(-c2cccc3ccccc23)nc2ccccc12. The van der Waals surface area contributed by atoms with E-state index in [0.29, 0.717) is 22.2 Å². The number of nitrogen functional groups attached to an aromatic ring is 1. The van der Waals surface area contributed by atoms with E-state index in [4.69, 9.17) is 5.73 Å². The number of nitro groups is 1. The van der Waals surface area contributed by atoms with Crippen molar-refractivity contribution in [3.8, 4) is 11.3 Å². The minimum Gasteiger partial charge on any atom is -0.393 e. The molecular formula is C19H13N3O2. The van der Waals surface area contributed by atoms with Gasteiger partial charge in [0.2, 0.25) is 0 Å². The highest BCUT2D eigenvalue weighted by molar-refractivity contribution is 6.04. The number of pyridine rings is 1. The van der Waals surface area contributed by atoms with Gasteiger partial charge < -0.3 is 5.73 Å². The lowest BCUT2D eigenvalue weighted by molar-refractivity contribution is -0.383. The van der Waals surface area contributed by atoms with Crippen molar-refractivity contribution in [3.63, 3.8) is 0 Å². The monoisotopic (exact) mass is 315 g/mol. The van der Waals surface area contributed by atoms with Crippen molar-refractivity contribution in [1.82, 2.24) is 4.98 Å². The summed E-state index contributed by atoms with van der Waals surface area (Å²) >= 11 is 0. The molecule has 5 nitrogen and oxygen atoms in total. The molecule has 0 aliphatic rings. The van der Waals surface area contributed by atoms with Gasteiger partial charge in [0.05, 0.1) is 10.4 Å². The van der Waals surface area contributed by atoms with Crippen LogP contribution in [-0.2, 0) is 0 Å². The fourth-order valence-corrected chi connectivity index (χ4v) is 3.03. The fourth-order valence-electron chi connectivity index (χ4n) is 3.03. The number of benzene rings is 3. The molecule has 4 rings (SSSR count). The van der Waals surface area contributed by atoms with Gasteiger partial charge in [-0.3, -0.25) is 10.1 Å². The zero-order valence-electron chi connectivity index (χ0n) is 12.6. The molecule has 0 atom stereocenters. The van der Waals surface area contributed by atoms with Crippen LogP contribution in [0.1, 0.15) is 0 Å². The zero-order chi connectivity index (χ0) is 16.7. The molecule has 24 heavy (non-hydrogen) atoms. The van der Waals surface area contributed by atoms with Crippen molar-refractivity contribution in [2.75, 3.05) is 5.73 Å². The number of hydrogen-bond acceptors (Lipinski definition) is 4. The molecular weight excluding hydrogens is 302 g/mol. The molecule has 1 heterocycles. The van der Waals surface area contributed by atoms with Crippen LogP contribution in [0.4, 0.5) is 11.4 Å². The smallest absolute Gasteiger partial charge is 0.318 e. The van der Waals surface area contributed by atoms with Crippen molar-refractivity contribution < 1.29 is 4.92 Å². The van der Waals surface area contributed by atoms with Crippen molar-refractivity contribution in [3.05, 3.63) is 76.8 Å². The van der Waals surface area contributed by atoms with Gasteiger partial charge >= 0.3 is 5.69 Å². The second-order valence-electron chi connectivity index (χ2n) is 5.52. The molecule has 0 amide bonds. The number of rotatable bonds is 2. The maximum atomic E-state index is 11.7. The Bertz CT molecular complexity index is 1100. The van der Waals surface area contributed by atoms with E-state index in [9.17, 15) is 10.1 Å². The van der Waals surface area contributed by atoms with E-state index in [2.05, 4.69) is 4.98 Å². The van der Waals surface area contributed by atoms with Gasteiger partial charge in [-0.25, -0.2) is 4.98 Å². The normalized spacial score (nSPS) is 11.0. The van der Waals surface area contributed by atoms with Gasteiger partial charge in [-0.05, 0) is 16.8 Å². The Hall–Kier alpha value is -3.47. The van der Waals surface area contributed by atoms with E-state index >= 15 is 0 Å². The van der Waals surface area contributed by atoms with E-state index in [-0.39, 0.29) is 11.4 Å². The molecule has 1 aromatic heterocycles. The Balaban J connectivity index is 2.16. The van der Waals surface area contributed by atoms with Gasteiger partial charge in [-0.15, -0.1) is 0 Å². The van der Waals surface area contributed by atoms with Crippen LogP contribution in [0.3, 0.4) is 0 Å². The Labute approximate surface area is 137 Å². The number of aromatic nitrogens is 1. The van der Waals surface area contributed by atoms with Gasteiger partial charge in [0.25, 0.3) is 0 Å². The van der Waals surface area contributed by atoms with Gasteiger partial charge in [0, 0.05) is 10.9 Å². The zero-order valence-corrected chi connectivity index (χ0v) is 12.6. The molecule has 0 bridgehead atoms. The van der Waals surface area contributed by atoms with Crippen molar-refractivity contribution in [2.45, 2.75) is 0 Å². The average Bonchev–Trinajstić information content (AvgIpc) is 2.61. The topological polar surface area (TPSA) is 82.0 Å². The number of nitrogens with two attached hydrogens (primary N) is 1. The van der Waals surface area contributed by atoms with E-state index < -0.39 is 4.92 Å². The Morgan fingerprint density at radius 2 is 1.54 bits per heavy atom. The summed E-state index contributed by atoms with van der Waals surface area (Å²) in [5, 5.41) is 14.2. The maximum Gasteiger partial charge on any atom is 0.318 e. The first-order valence-electron chi connectivity index (χ1n) is 7.47. The van der Waals surface area contributed by atoms with E-state index in [1.807, 2.05) is 54.6 Å². The quantitative estimate of drug-likeness (QED) is 0.434. The molecule has 0 radical (unpaired) electrons. The van der Waals surface area contributed by atoms with Gasteiger partial charge in [0.1, 0.15) is 5.69 Å². The molecule has 0 fully saturated rings. The van der Waals surface area contributed by atoms with Crippen LogP contribution in [0.2, 0.25) is 0 Å². The van der Waals surface area contributed by atoms with Crippen LogP contribution < -0.4 is 5.73 Å². The molecule has 116 valence electrons. The third-order valence-electron chi connectivity index (χ3n) is 4.13. The Kier molecular flexibility index (Phi) is 3.13. The first kappa shape index (κ1) is 14.1. The van der Waals surface area contributed by atoms with Crippen LogP contribution >= 0.6 is 0 Å². The third kappa shape index (κ3) is 2.06. The van der Waals surface area contributed by atoms with Crippen molar-refractivity contribution >= 4 is 33.1 Å². The average molecular weight is 315 g/mol. The summed E-state index contributed by atoms with van der Waals surface area (Å²) in [5.41, 5.74) is 7.77. The summed E-state index contributed by atoms with van der Waals surface area (Å²) < 4.78 is 0. The molecule has 0 aliphatic heterocycles. The highest BCUT2D eigenvalue weighted by Gasteiger charge is 2.24. The lowest BCUT2D eigenvalue weighted by Gasteiger charge is -2.10. The predicted octanol–water partition coefficient (Wildman–Crippen LogP) is 4.55. The predicted molar refractivity (Wildman–Crippen MR) is 95.8 cm³/mol. The molecule has 2 N–H and O–H groups in total. The lowest BCUT2D eigenvalue weighted by atomic mass is 9.99. The number of fused-ring (bicyclic) bond motifs is 2. The number of hydrogen-bond donors (Lipinski definition) is 1. The summed E-state index contributed by atoms with van der Waals surface area (Å²) in [7, 11) is 0. The van der Waals surface area contributed by atoms with Crippen LogP contribution in [-0.4, -0.2) is 9.91 Å². The van der Waals surface area contributed by atoms with Crippen LogP contribution in [0.15, 0.2) is 66.7 Å². The van der Waals surface area contributed by atoms with Crippen LogP contribution in [0.25, 0.3) is 32.9 Å². The fraction of sp³-hybridized carbons (Fsp3) is 0. The molecule has 0 spiro atoms. The highest BCUT2D eigenvalue weighted by atomic mass is 16.6. The summed E-state index contributed by atoms with van der Waals surface area (Å²) in [6, 6.07) is 20.6. The second kappa shape index (κ2) is 5.31. The van der Waals surface area contributed by atoms with E-state index in [0.717, 1.165) is 10.8 Å². The molecule has 0 aliphatic carbocycles. The Morgan fingerprint density at radius 1 is 0.875 bits per heavy atom. The summed E-state index contributed by atoms with van der Waals surface area (Å²) in [6.07, 6.45) is 0. The van der Waals surface area contributed by atoms with E-state index in [1.165, 1.54) is 0 Å². The molecule has 0 unspecified atom stereocenters. The number of nitrogens with zero attached hydrogens (tertiary/aromatic N) is 2. The summed E-state index contributed by atoms with van der Waals surface area (Å²) in [4.78, 5) is 15.8. The molecule has 5 heteroatoms. The molecule has 0 saturated carbocycles. The lowest BCUT2D eigenvalue weighted by Crippen LogP contribution is -2.02. The van der Waals surface area contributed by atoms with Gasteiger partial charge in [-0.1, -0.05) is 60.7 Å². The number of anilines is 1. The maximum absolute atomic E-state index is 11.7. The van der Waals surface area contributed by atoms with Crippen LogP contribution in [0.5, 0.6) is 0 Å². The standard InChI is InChI=1S/C19H13N3O2/c20-17-15-9-3-4-11-16(15)21-18(19(17)22(23)24)14-10-5-7-12-6-1-2-8-13(12)14/h1-11H,(H2,20,21). The van der Waals surface area contributed by atoms with Gasteiger partial charge in [-0.2, -0.15) is 0 Å². The Morgan fingerprint density at radius 3 is 2.33 bits per heavy atom. The molecule has 3 aromatic carbocycles. The first-order chi connectivity index (χ1) is 11.7. The van der Waals surface area contributed by atoms with E-state index in [1.54, 1.807) is 12.1 Å². The summed E-state index contributed by atoms with van der Waals surface area (Å²) in [5.74, 6) is 0. The first-order valence-corrected chi connectivity index (χ1v) is 7.47. The van der Waals surface area contributed by atoms with Crippen molar-refractivity contribution in [1.29, 1.82) is 0 Å². The van der Waals surface area contributed by atoms with Gasteiger partial charge in [0.15, 0.2) is 5.69 Å². The number of para-hydroxylation sites is 1. The largest absolute Gasteiger partial charge is 0.393 e. The molecule has 0 saturated heterocycles. The van der Waals surface area contributed by atoms with Crippen molar-refractivity contribution in [2.24, 2.45) is 0 Å². The molecule has 4 aromatic rings. The third-order valence-corrected chi connectivity index (χ3v) is 4.13. The highest BCUT2D eigenvalue weighted by Crippen LogP contribution is 2.40. The minimum atomic E-state index is -0.453. The summed E-state index contributed by atoms with van der Waals surface area (Å²) in [6.45, 7) is 0. The minimum absolute atomic E-state index is 0.147. The van der Waals surface area contributed by atoms with Crippen LogP contribution in [0, 0.1) is 10.1 Å². The second-order valence-corrected chi connectivity index (χ2v) is 5.52.